The largest absolute Gasteiger partial charge is 0.550 e. The molecule has 18 heavy (non-hydrogen) atoms. The number of rotatable bonds is 8. The molecule has 1 unspecified atom stereocenters. The summed E-state index contributed by atoms with van der Waals surface area (Å²) in [5, 5.41) is 11.4. The standard InChI is InChI=1S/C14H26O3S/c1-6-7-11(18-12(15)10(2)3)8-9-14(4,5)13(16)17/h10-11H,6-9H2,1-5H3,(H,16,17)/p-1. The predicted octanol–water partition coefficient (Wildman–Crippen LogP) is 2.63. The van der Waals surface area contributed by atoms with Crippen LogP contribution in [-0.2, 0) is 9.59 Å². The van der Waals surface area contributed by atoms with E-state index in [2.05, 4.69) is 6.92 Å². The molecule has 0 bridgehead atoms. The number of carbonyl (C=O) groups excluding carboxylic acids is 2. The molecule has 0 saturated heterocycles. The number of hydrogen-bond acceptors (Lipinski definition) is 4. The molecule has 0 aliphatic carbocycles. The molecule has 1 atom stereocenters. The molecule has 0 aromatic carbocycles. The minimum atomic E-state index is -1.02. The van der Waals surface area contributed by atoms with Gasteiger partial charge in [-0.05, 0) is 19.3 Å². The second-order valence-corrected chi connectivity index (χ2v) is 7.02. The van der Waals surface area contributed by atoms with Gasteiger partial charge in [0.25, 0.3) is 0 Å². The molecular weight excluding hydrogens is 248 g/mol. The third-order valence-corrected chi connectivity index (χ3v) is 4.52. The lowest BCUT2D eigenvalue weighted by Crippen LogP contribution is -2.38. The summed E-state index contributed by atoms with van der Waals surface area (Å²) in [7, 11) is 0. The van der Waals surface area contributed by atoms with Crippen molar-refractivity contribution in [3.63, 3.8) is 0 Å². The Bertz CT molecular complexity index is 285. The van der Waals surface area contributed by atoms with Crippen LogP contribution in [0.1, 0.15) is 60.3 Å². The van der Waals surface area contributed by atoms with Gasteiger partial charge in [0.1, 0.15) is 0 Å². The van der Waals surface area contributed by atoms with Crippen molar-refractivity contribution in [3.05, 3.63) is 0 Å². The van der Waals surface area contributed by atoms with Gasteiger partial charge in [-0.2, -0.15) is 0 Å². The Morgan fingerprint density at radius 1 is 1.22 bits per heavy atom. The number of carbonyl (C=O) groups is 2. The Balaban J connectivity index is 4.37. The van der Waals surface area contributed by atoms with Crippen LogP contribution in [0.3, 0.4) is 0 Å². The Kier molecular flexibility index (Phi) is 7.60. The van der Waals surface area contributed by atoms with Crippen LogP contribution in [0.15, 0.2) is 0 Å². The summed E-state index contributed by atoms with van der Waals surface area (Å²) in [5.41, 5.74) is -0.812. The number of thioether (sulfide) groups is 1. The fourth-order valence-electron chi connectivity index (χ4n) is 1.51. The van der Waals surface area contributed by atoms with Crippen molar-refractivity contribution >= 4 is 22.8 Å². The van der Waals surface area contributed by atoms with E-state index in [9.17, 15) is 14.7 Å². The van der Waals surface area contributed by atoms with Gasteiger partial charge in [-0.15, -0.1) is 0 Å². The average molecular weight is 273 g/mol. The first-order valence-corrected chi connectivity index (χ1v) is 7.50. The maximum absolute atomic E-state index is 11.7. The molecule has 0 fully saturated rings. The molecule has 0 radical (unpaired) electrons. The molecule has 3 nitrogen and oxygen atoms in total. The summed E-state index contributed by atoms with van der Waals surface area (Å²) in [4.78, 5) is 22.7. The Labute approximate surface area is 115 Å². The first-order valence-electron chi connectivity index (χ1n) is 6.62. The molecule has 4 heteroatoms. The third-order valence-electron chi connectivity index (χ3n) is 3.01. The molecule has 0 N–H and O–H groups in total. The van der Waals surface area contributed by atoms with Crippen molar-refractivity contribution in [2.75, 3.05) is 0 Å². The van der Waals surface area contributed by atoms with Gasteiger partial charge in [-0.25, -0.2) is 0 Å². The first kappa shape index (κ1) is 17.5. The fraction of sp³-hybridized carbons (Fsp3) is 0.857. The van der Waals surface area contributed by atoms with Crippen LogP contribution in [0.25, 0.3) is 0 Å². The van der Waals surface area contributed by atoms with E-state index in [0.29, 0.717) is 6.42 Å². The van der Waals surface area contributed by atoms with Crippen molar-refractivity contribution in [2.24, 2.45) is 11.3 Å². The fourth-order valence-corrected chi connectivity index (χ4v) is 2.70. The van der Waals surface area contributed by atoms with Crippen LogP contribution in [0.2, 0.25) is 0 Å². The molecule has 0 aromatic heterocycles. The maximum atomic E-state index is 11.7. The smallest absolute Gasteiger partial charge is 0.191 e. The highest BCUT2D eigenvalue weighted by molar-refractivity contribution is 8.14. The van der Waals surface area contributed by atoms with Crippen LogP contribution in [0.4, 0.5) is 0 Å². The summed E-state index contributed by atoms with van der Waals surface area (Å²) in [6, 6.07) is 0. The van der Waals surface area contributed by atoms with Crippen LogP contribution in [0, 0.1) is 11.3 Å². The zero-order valence-electron chi connectivity index (χ0n) is 12.1. The second-order valence-electron chi connectivity index (χ2n) is 5.71. The van der Waals surface area contributed by atoms with Crippen molar-refractivity contribution < 1.29 is 14.7 Å². The van der Waals surface area contributed by atoms with Gasteiger partial charge in [0.15, 0.2) is 5.12 Å². The number of carboxylic acid groups (broad SMARTS) is 1. The van der Waals surface area contributed by atoms with Gasteiger partial charge < -0.3 is 9.90 Å². The van der Waals surface area contributed by atoms with Crippen LogP contribution >= 0.6 is 11.8 Å². The Morgan fingerprint density at radius 2 is 1.78 bits per heavy atom. The predicted molar refractivity (Wildman–Crippen MR) is 74.2 cm³/mol. The Morgan fingerprint density at radius 3 is 2.17 bits per heavy atom. The summed E-state index contributed by atoms with van der Waals surface area (Å²) in [6.45, 7) is 9.23. The molecular formula is C14H25O3S-. The quantitative estimate of drug-likeness (QED) is 0.682. The molecule has 0 amide bonds. The molecule has 0 rings (SSSR count). The zero-order valence-corrected chi connectivity index (χ0v) is 12.9. The van der Waals surface area contributed by atoms with Gasteiger partial charge in [0.2, 0.25) is 0 Å². The van der Waals surface area contributed by atoms with Crippen LogP contribution in [0.5, 0.6) is 0 Å². The van der Waals surface area contributed by atoms with E-state index in [4.69, 9.17) is 0 Å². The lowest BCUT2D eigenvalue weighted by atomic mass is 9.87. The maximum Gasteiger partial charge on any atom is 0.191 e. The SMILES string of the molecule is CCCC(CCC(C)(C)C(=O)[O-])SC(=O)C(C)C. The summed E-state index contributed by atoms with van der Waals surface area (Å²) in [6.07, 6.45) is 3.26. The summed E-state index contributed by atoms with van der Waals surface area (Å²) >= 11 is 1.38. The highest BCUT2D eigenvalue weighted by Crippen LogP contribution is 2.30. The highest BCUT2D eigenvalue weighted by atomic mass is 32.2. The minimum absolute atomic E-state index is 0.0310. The molecule has 0 spiro atoms. The highest BCUT2D eigenvalue weighted by Gasteiger charge is 2.23. The third kappa shape index (κ3) is 6.43. The first-order chi connectivity index (χ1) is 8.20. The molecule has 0 heterocycles. The van der Waals surface area contributed by atoms with Crippen LogP contribution in [-0.4, -0.2) is 16.3 Å². The van der Waals surface area contributed by atoms with Gasteiger partial charge >= 0.3 is 0 Å². The summed E-state index contributed by atoms with van der Waals surface area (Å²) in [5.74, 6) is -0.985. The van der Waals surface area contributed by atoms with E-state index in [0.717, 1.165) is 19.3 Å². The zero-order chi connectivity index (χ0) is 14.3. The van der Waals surface area contributed by atoms with E-state index in [1.54, 1.807) is 13.8 Å². The topological polar surface area (TPSA) is 57.2 Å². The average Bonchev–Trinajstić information content (AvgIpc) is 2.25. The minimum Gasteiger partial charge on any atom is -0.550 e. The molecule has 106 valence electrons. The number of hydrogen-bond donors (Lipinski definition) is 0. The van der Waals surface area contributed by atoms with E-state index < -0.39 is 11.4 Å². The van der Waals surface area contributed by atoms with Gasteiger partial charge in [-0.1, -0.05) is 52.8 Å². The number of carboxylic acids is 1. The van der Waals surface area contributed by atoms with E-state index in [-0.39, 0.29) is 16.3 Å². The second kappa shape index (κ2) is 7.82. The van der Waals surface area contributed by atoms with Crippen molar-refractivity contribution in [3.8, 4) is 0 Å². The monoisotopic (exact) mass is 273 g/mol. The van der Waals surface area contributed by atoms with Gasteiger partial charge in [-0.3, -0.25) is 4.79 Å². The van der Waals surface area contributed by atoms with Crippen molar-refractivity contribution in [1.29, 1.82) is 0 Å². The lowest BCUT2D eigenvalue weighted by Gasteiger charge is -2.27. The van der Waals surface area contributed by atoms with Crippen LogP contribution < -0.4 is 5.11 Å². The normalized spacial score (nSPS) is 13.7. The van der Waals surface area contributed by atoms with E-state index in [1.165, 1.54) is 11.8 Å². The molecule has 0 aliphatic heterocycles. The lowest BCUT2D eigenvalue weighted by molar-refractivity contribution is -0.317. The van der Waals surface area contributed by atoms with E-state index >= 15 is 0 Å². The van der Waals surface area contributed by atoms with E-state index in [1.807, 2.05) is 13.8 Å². The summed E-state index contributed by atoms with van der Waals surface area (Å²) < 4.78 is 0. The van der Waals surface area contributed by atoms with Crippen molar-refractivity contribution in [2.45, 2.75) is 65.6 Å². The molecule has 0 aromatic rings. The van der Waals surface area contributed by atoms with Crippen molar-refractivity contribution in [1.82, 2.24) is 0 Å². The molecule has 0 aliphatic rings. The Hall–Kier alpha value is -0.510. The van der Waals surface area contributed by atoms with Gasteiger partial charge in [0, 0.05) is 22.6 Å². The number of aliphatic carboxylic acids is 1. The van der Waals surface area contributed by atoms with Gasteiger partial charge in [0.05, 0.1) is 0 Å². The molecule has 0 saturated carbocycles.